The number of fused-ring (bicyclic) bond motifs is 1. The van der Waals surface area contributed by atoms with Crippen molar-refractivity contribution in [3.63, 3.8) is 0 Å². The van der Waals surface area contributed by atoms with Crippen LogP contribution in [0.1, 0.15) is 54.0 Å². The van der Waals surface area contributed by atoms with Gasteiger partial charge >= 0.3 is 0 Å². The van der Waals surface area contributed by atoms with Gasteiger partial charge in [0.05, 0.1) is 0 Å². The van der Waals surface area contributed by atoms with E-state index in [1.54, 1.807) is 4.90 Å². The van der Waals surface area contributed by atoms with Crippen molar-refractivity contribution in [2.75, 3.05) is 26.2 Å². The number of aromatic nitrogens is 2. The molecule has 7 nitrogen and oxygen atoms in total. The predicted octanol–water partition coefficient (Wildman–Crippen LogP) is 2.24. The van der Waals surface area contributed by atoms with E-state index in [9.17, 15) is 9.59 Å². The molecule has 166 valence electrons. The smallest absolute Gasteiger partial charge is 0.274 e. The molecule has 2 aliphatic rings. The minimum Gasteiger partial charge on any atom is -0.354 e. The van der Waals surface area contributed by atoms with E-state index in [-0.39, 0.29) is 11.8 Å². The zero-order valence-corrected chi connectivity index (χ0v) is 18.6. The monoisotopic (exact) mass is 423 g/mol. The Hall–Kier alpha value is -2.67. The zero-order chi connectivity index (χ0) is 21.8. The highest BCUT2D eigenvalue weighted by Gasteiger charge is 2.32. The molecule has 2 amide bonds. The zero-order valence-electron chi connectivity index (χ0n) is 18.6. The fraction of sp³-hybridized carbons (Fsp3) is 0.542. The van der Waals surface area contributed by atoms with Crippen molar-refractivity contribution in [1.29, 1.82) is 0 Å². The van der Waals surface area contributed by atoms with Gasteiger partial charge in [-0.25, -0.2) is 0 Å². The van der Waals surface area contributed by atoms with Gasteiger partial charge in [-0.3, -0.25) is 19.2 Å². The summed E-state index contributed by atoms with van der Waals surface area (Å²) in [4.78, 5) is 29.4. The normalized spacial score (nSPS) is 18.3. The van der Waals surface area contributed by atoms with Crippen LogP contribution in [0.3, 0.4) is 0 Å². The Balaban J connectivity index is 1.61. The topological polar surface area (TPSA) is 70.5 Å². The first-order valence-corrected chi connectivity index (χ1v) is 11.5. The summed E-state index contributed by atoms with van der Waals surface area (Å²) in [6.45, 7) is 8.46. The van der Waals surface area contributed by atoms with E-state index in [0.717, 1.165) is 44.5 Å². The standard InChI is InChI=1S/C24H33N5O2/c1-3-18(2)28-13-10-21-20(17-28)23(24(31)27-14-11-22(30)25-12-16-27)26-29(21)15-9-19-7-5-4-6-8-19/h4-8,18H,3,9-17H2,1-2H3,(H,25,30)/t18-/m1/s1. The molecule has 4 rings (SSSR count). The molecule has 2 aliphatic heterocycles. The number of aryl methyl sites for hydroxylation is 2. The van der Waals surface area contributed by atoms with Gasteiger partial charge in [0.2, 0.25) is 5.91 Å². The summed E-state index contributed by atoms with van der Waals surface area (Å²) in [5.74, 6) is -0.0362. The van der Waals surface area contributed by atoms with Gasteiger partial charge in [0.1, 0.15) is 0 Å². The molecule has 1 saturated heterocycles. The van der Waals surface area contributed by atoms with Gasteiger partial charge in [0.25, 0.3) is 5.91 Å². The Bertz CT molecular complexity index is 924. The third-order valence-corrected chi connectivity index (χ3v) is 6.64. The second-order valence-corrected chi connectivity index (χ2v) is 8.60. The molecule has 31 heavy (non-hydrogen) atoms. The van der Waals surface area contributed by atoms with Crippen molar-refractivity contribution in [3.8, 4) is 0 Å². The van der Waals surface area contributed by atoms with Gasteiger partial charge in [-0.15, -0.1) is 0 Å². The molecule has 0 unspecified atom stereocenters. The van der Waals surface area contributed by atoms with Crippen molar-refractivity contribution < 1.29 is 9.59 Å². The van der Waals surface area contributed by atoms with Crippen LogP contribution in [-0.2, 0) is 30.7 Å². The lowest BCUT2D eigenvalue weighted by atomic mass is 10.0. The maximum absolute atomic E-state index is 13.5. The van der Waals surface area contributed by atoms with Gasteiger partial charge in [-0.2, -0.15) is 5.10 Å². The molecule has 1 aromatic heterocycles. The minimum atomic E-state index is -0.0442. The van der Waals surface area contributed by atoms with Gasteiger partial charge in [-0.05, 0) is 25.3 Å². The Kier molecular flexibility index (Phi) is 6.70. The first-order valence-electron chi connectivity index (χ1n) is 11.5. The van der Waals surface area contributed by atoms with Crippen molar-refractivity contribution >= 4 is 11.8 Å². The highest BCUT2D eigenvalue weighted by Crippen LogP contribution is 2.26. The fourth-order valence-electron chi connectivity index (χ4n) is 4.50. The molecule has 0 bridgehead atoms. The van der Waals surface area contributed by atoms with Crippen molar-refractivity contribution in [2.45, 2.75) is 58.7 Å². The third-order valence-electron chi connectivity index (χ3n) is 6.64. The minimum absolute atomic E-state index is 0.00802. The van der Waals surface area contributed by atoms with Crippen LogP contribution < -0.4 is 5.32 Å². The second kappa shape index (κ2) is 9.64. The van der Waals surface area contributed by atoms with Crippen LogP contribution >= 0.6 is 0 Å². The summed E-state index contributed by atoms with van der Waals surface area (Å²) in [5, 5.41) is 7.69. The average Bonchev–Trinajstić information content (AvgIpc) is 3.02. The number of hydrogen-bond acceptors (Lipinski definition) is 4. The molecule has 1 fully saturated rings. The molecular weight excluding hydrogens is 390 g/mol. The molecule has 2 aromatic rings. The Morgan fingerprint density at radius 1 is 1.16 bits per heavy atom. The highest BCUT2D eigenvalue weighted by molar-refractivity contribution is 5.94. The van der Waals surface area contributed by atoms with Crippen LogP contribution in [0.2, 0.25) is 0 Å². The Morgan fingerprint density at radius 3 is 2.74 bits per heavy atom. The Labute approximate surface area is 184 Å². The van der Waals surface area contributed by atoms with Gasteiger partial charge in [0, 0.05) is 69.4 Å². The number of benzene rings is 1. The summed E-state index contributed by atoms with van der Waals surface area (Å²) in [5.41, 5.74) is 4.12. The lowest BCUT2D eigenvalue weighted by Crippen LogP contribution is -2.39. The molecular formula is C24H33N5O2. The largest absolute Gasteiger partial charge is 0.354 e. The number of rotatable bonds is 6. The maximum atomic E-state index is 13.5. The summed E-state index contributed by atoms with van der Waals surface area (Å²) in [6.07, 6.45) is 3.23. The SMILES string of the molecule is CC[C@@H](C)N1CCc2c(c(C(=O)N3CCNC(=O)CC3)nn2CCc2ccccc2)C1. The summed E-state index contributed by atoms with van der Waals surface area (Å²) in [6, 6.07) is 10.9. The number of nitrogens with one attached hydrogen (secondary N) is 1. The van der Waals surface area contributed by atoms with Gasteiger partial charge in [0.15, 0.2) is 5.69 Å². The molecule has 1 N–H and O–H groups in total. The van der Waals surface area contributed by atoms with Crippen LogP contribution in [0, 0.1) is 0 Å². The molecule has 0 saturated carbocycles. The van der Waals surface area contributed by atoms with E-state index in [0.29, 0.717) is 37.8 Å². The van der Waals surface area contributed by atoms with Crippen molar-refractivity contribution in [2.24, 2.45) is 0 Å². The van der Waals surface area contributed by atoms with E-state index in [1.165, 1.54) is 11.3 Å². The average molecular weight is 424 g/mol. The van der Waals surface area contributed by atoms with Crippen molar-refractivity contribution in [1.82, 2.24) is 24.9 Å². The third kappa shape index (κ3) is 4.82. The number of hydrogen-bond donors (Lipinski definition) is 1. The molecule has 3 heterocycles. The van der Waals surface area contributed by atoms with Crippen LogP contribution in [0.25, 0.3) is 0 Å². The van der Waals surface area contributed by atoms with Gasteiger partial charge in [-0.1, -0.05) is 37.3 Å². The second-order valence-electron chi connectivity index (χ2n) is 8.60. The lowest BCUT2D eigenvalue weighted by molar-refractivity contribution is -0.120. The summed E-state index contributed by atoms with van der Waals surface area (Å²) >= 11 is 0. The van der Waals surface area contributed by atoms with Crippen molar-refractivity contribution in [3.05, 3.63) is 52.8 Å². The number of nitrogens with zero attached hydrogens (tertiary/aromatic N) is 4. The lowest BCUT2D eigenvalue weighted by Gasteiger charge is -2.32. The fourth-order valence-corrected chi connectivity index (χ4v) is 4.50. The summed E-state index contributed by atoms with van der Waals surface area (Å²) in [7, 11) is 0. The molecule has 7 heteroatoms. The van der Waals surface area contributed by atoms with E-state index in [4.69, 9.17) is 5.10 Å². The van der Waals surface area contributed by atoms with E-state index >= 15 is 0 Å². The van der Waals surface area contributed by atoms with Crippen LogP contribution in [0.5, 0.6) is 0 Å². The molecule has 0 radical (unpaired) electrons. The molecule has 0 aliphatic carbocycles. The van der Waals surface area contributed by atoms with E-state index < -0.39 is 0 Å². The van der Waals surface area contributed by atoms with Gasteiger partial charge < -0.3 is 10.2 Å². The number of carbonyl (C=O) groups is 2. The van der Waals surface area contributed by atoms with E-state index in [2.05, 4.69) is 53.0 Å². The van der Waals surface area contributed by atoms with E-state index in [1.807, 2.05) is 6.07 Å². The molecule has 1 atom stereocenters. The number of carbonyl (C=O) groups excluding carboxylic acids is 2. The Morgan fingerprint density at radius 2 is 1.97 bits per heavy atom. The molecule has 0 spiro atoms. The molecule has 1 aromatic carbocycles. The quantitative estimate of drug-likeness (QED) is 0.774. The maximum Gasteiger partial charge on any atom is 0.274 e. The predicted molar refractivity (Wildman–Crippen MR) is 120 cm³/mol. The summed E-state index contributed by atoms with van der Waals surface area (Å²) < 4.78 is 2.06. The number of amides is 2. The van der Waals surface area contributed by atoms with Crippen LogP contribution in [0.4, 0.5) is 0 Å². The first-order chi connectivity index (χ1) is 15.1. The first kappa shape index (κ1) is 21.6. The van der Waals surface area contributed by atoms with Crippen LogP contribution in [0.15, 0.2) is 30.3 Å². The van der Waals surface area contributed by atoms with Crippen LogP contribution in [-0.4, -0.2) is 63.6 Å². The highest BCUT2D eigenvalue weighted by atomic mass is 16.2.